The molecule has 1 fully saturated rings. The molecule has 0 spiro atoms. The van der Waals surface area contributed by atoms with Crippen LogP contribution >= 0.6 is 0 Å². The first-order valence-corrected chi connectivity index (χ1v) is 5.74. The number of anilines is 1. The van der Waals surface area contributed by atoms with Gasteiger partial charge in [-0.25, -0.2) is 4.79 Å². The van der Waals surface area contributed by atoms with Crippen LogP contribution in [0, 0.1) is 6.92 Å². The topological polar surface area (TPSA) is 40.5 Å². The summed E-state index contributed by atoms with van der Waals surface area (Å²) < 4.78 is 0. The van der Waals surface area contributed by atoms with Gasteiger partial charge in [-0.2, -0.15) is 0 Å². The molecular weight excluding hydrogens is 202 g/mol. The lowest BCUT2D eigenvalue weighted by molar-refractivity contribution is 0.0697. The number of rotatable bonds is 4. The first-order chi connectivity index (χ1) is 7.63. The van der Waals surface area contributed by atoms with E-state index in [2.05, 4.69) is 11.8 Å². The summed E-state index contributed by atoms with van der Waals surface area (Å²) in [5.74, 6) is -0.857. The van der Waals surface area contributed by atoms with Gasteiger partial charge in [-0.05, 0) is 50.5 Å². The van der Waals surface area contributed by atoms with E-state index in [0.29, 0.717) is 11.6 Å². The van der Waals surface area contributed by atoms with Gasteiger partial charge >= 0.3 is 5.97 Å². The largest absolute Gasteiger partial charge is 0.478 e. The summed E-state index contributed by atoms with van der Waals surface area (Å²) in [4.78, 5) is 13.2. The van der Waals surface area contributed by atoms with Crippen LogP contribution in [-0.4, -0.2) is 23.7 Å². The lowest BCUT2D eigenvalue weighted by atomic mass is 10.1. The van der Waals surface area contributed by atoms with E-state index in [-0.39, 0.29) is 0 Å². The molecule has 3 nitrogen and oxygen atoms in total. The fraction of sp³-hybridized carbons (Fsp3) is 0.462. The predicted octanol–water partition coefficient (Wildman–Crippen LogP) is 2.68. The van der Waals surface area contributed by atoms with E-state index in [1.54, 1.807) is 12.1 Å². The summed E-state index contributed by atoms with van der Waals surface area (Å²) in [5, 5.41) is 8.90. The third-order valence-electron chi connectivity index (χ3n) is 3.08. The minimum Gasteiger partial charge on any atom is -0.478 e. The van der Waals surface area contributed by atoms with Gasteiger partial charge in [0.05, 0.1) is 5.56 Å². The van der Waals surface area contributed by atoms with E-state index >= 15 is 0 Å². The van der Waals surface area contributed by atoms with Crippen molar-refractivity contribution in [2.75, 3.05) is 11.4 Å². The summed E-state index contributed by atoms with van der Waals surface area (Å²) in [6, 6.07) is 6.04. The van der Waals surface area contributed by atoms with Gasteiger partial charge in [-0.15, -0.1) is 0 Å². The average Bonchev–Trinajstić information content (AvgIpc) is 3.05. The van der Waals surface area contributed by atoms with Gasteiger partial charge in [-0.3, -0.25) is 0 Å². The summed E-state index contributed by atoms with van der Waals surface area (Å²) in [6.07, 6.45) is 2.52. The molecule has 1 N–H and O–H groups in total. The summed E-state index contributed by atoms with van der Waals surface area (Å²) >= 11 is 0. The Kier molecular flexibility index (Phi) is 2.86. The van der Waals surface area contributed by atoms with Crippen LogP contribution in [-0.2, 0) is 0 Å². The number of hydrogen-bond acceptors (Lipinski definition) is 2. The van der Waals surface area contributed by atoms with Crippen LogP contribution in [0.3, 0.4) is 0 Å². The molecule has 0 amide bonds. The number of hydrogen-bond donors (Lipinski definition) is 1. The zero-order chi connectivity index (χ0) is 11.7. The Morgan fingerprint density at radius 1 is 1.50 bits per heavy atom. The quantitative estimate of drug-likeness (QED) is 0.846. The molecule has 0 atom stereocenters. The normalized spacial score (nSPS) is 14.9. The monoisotopic (exact) mass is 219 g/mol. The molecule has 86 valence electrons. The second-order valence-electron chi connectivity index (χ2n) is 4.32. The molecule has 0 heterocycles. The Bertz CT molecular complexity index is 410. The van der Waals surface area contributed by atoms with Crippen LogP contribution in [0.4, 0.5) is 5.69 Å². The van der Waals surface area contributed by atoms with Crippen LogP contribution in [0.2, 0.25) is 0 Å². The Morgan fingerprint density at radius 3 is 2.62 bits per heavy atom. The molecule has 0 unspecified atom stereocenters. The smallest absolute Gasteiger partial charge is 0.335 e. The van der Waals surface area contributed by atoms with Gasteiger partial charge in [0.15, 0.2) is 0 Å². The van der Waals surface area contributed by atoms with E-state index < -0.39 is 5.97 Å². The van der Waals surface area contributed by atoms with E-state index in [4.69, 9.17) is 5.11 Å². The van der Waals surface area contributed by atoms with Gasteiger partial charge in [0, 0.05) is 18.3 Å². The molecule has 0 aliphatic heterocycles. The van der Waals surface area contributed by atoms with Gasteiger partial charge in [0.25, 0.3) is 0 Å². The highest BCUT2D eigenvalue weighted by atomic mass is 16.4. The van der Waals surface area contributed by atoms with Crippen LogP contribution in [0.15, 0.2) is 18.2 Å². The molecule has 0 aromatic heterocycles. The molecule has 1 aliphatic carbocycles. The highest BCUT2D eigenvalue weighted by Crippen LogP contribution is 2.33. The van der Waals surface area contributed by atoms with Crippen LogP contribution in [0.25, 0.3) is 0 Å². The third-order valence-corrected chi connectivity index (χ3v) is 3.08. The summed E-state index contributed by atoms with van der Waals surface area (Å²) in [6.45, 7) is 5.10. The molecule has 1 aromatic rings. The number of carboxylic acid groups (broad SMARTS) is 1. The van der Waals surface area contributed by atoms with Gasteiger partial charge in [0.2, 0.25) is 0 Å². The Hall–Kier alpha value is -1.51. The number of carboxylic acids is 1. The Morgan fingerprint density at radius 2 is 2.19 bits per heavy atom. The third kappa shape index (κ3) is 2.03. The highest BCUT2D eigenvalue weighted by Gasteiger charge is 2.28. The molecule has 1 aromatic carbocycles. The van der Waals surface area contributed by atoms with E-state index in [1.807, 2.05) is 13.0 Å². The Balaban J connectivity index is 2.30. The lowest BCUT2D eigenvalue weighted by Crippen LogP contribution is -2.25. The lowest BCUT2D eigenvalue weighted by Gasteiger charge is -2.24. The first kappa shape index (κ1) is 11.0. The number of benzene rings is 1. The van der Waals surface area contributed by atoms with Crippen molar-refractivity contribution in [2.45, 2.75) is 32.7 Å². The number of carbonyl (C=O) groups is 1. The van der Waals surface area contributed by atoms with Crippen molar-refractivity contribution in [1.82, 2.24) is 0 Å². The van der Waals surface area contributed by atoms with Crippen molar-refractivity contribution in [3.05, 3.63) is 29.3 Å². The van der Waals surface area contributed by atoms with Gasteiger partial charge in [0.1, 0.15) is 0 Å². The van der Waals surface area contributed by atoms with E-state index in [1.165, 1.54) is 18.5 Å². The fourth-order valence-corrected chi connectivity index (χ4v) is 2.12. The van der Waals surface area contributed by atoms with Crippen LogP contribution in [0.1, 0.15) is 35.7 Å². The number of aryl methyl sites for hydroxylation is 1. The molecule has 2 rings (SSSR count). The number of aromatic carboxylic acids is 1. The zero-order valence-electron chi connectivity index (χ0n) is 9.73. The average molecular weight is 219 g/mol. The van der Waals surface area contributed by atoms with Crippen LogP contribution < -0.4 is 4.90 Å². The first-order valence-electron chi connectivity index (χ1n) is 5.74. The minimum atomic E-state index is -0.857. The summed E-state index contributed by atoms with van der Waals surface area (Å²) in [7, 11) is 0. The molecule has 0 radical (unpaired) electrons. The maximum absolute atomic E-state index is 10.8. The molecule has 16 heavy (non-hydrogen) atoms. The molecule has 1 saturated carbocycles. The number of nitrogens with zero attached hydrogens (tertiary/aromatic N) is 1. The van der Waals surface area contributed by atoms with Crippen LogP contribution in [0.5, 0.6) is 0 Å². The molecule has 0 bridgehead atoms. The molecule has 1 aliphatic rings. The van der Waals surface area contributed by atoms with Gasteiger partial charge < -0.3 is 10.0 Å². The minimum absolute atomic E-state index is 0.369. The second kappa shape index (κ2) is 4.16. The highest BCUT2D eigenvalue weighted by molar-refractivity contribution is 5.88. The van der Waals surface area contributed by atoms with E-state index in [9.17, 15) is 4.79 Å². The van der Waals surface area contributed by atoms with Crippen molar-refractivity contribution < 1.29 is 9.90 Å². The maximum Gasteiger partial charge on any atom is 0.335 e. The standard InChI is InChI=1S/C13H17NO2/c1-3-14(11-5-6-11)12-7-4-10(13(15)16)8-9(12)2/h4,7-8,11H,3,5-6H2,1-2H3,(H,15,16). The maximum atomic E-state index is 10.8. The SMILES string of the molecule is CCN(c1ccc(C(=O)O)cc1C)C1CC1. The second-order valence-corrected chi connectivity index (χ2v) is 4.32. The van der Waals surface area contributed by atoms with Crippen molar-refractivity contribution in [1.29, 1.82) is 0 Å². The fourth-order valence-electron chi connectivity index (χ4n) is 2.12. The van der Waals surface area contributed by atoms with Crippen molar-refractivity contribution >= 4 is 11.7 Å². The zero-order valence-corrected chi connectivity index (χ0v) is 9.73. The molecular formula is C13H17NO2. The molecule has 0 saturated heterocycles. The Labute approximate surface area is 95.7 Å². The van der Waals surface area contributed by atoms with Crippen molar-refractivity contribution in [2.24, 2.45) is 0 Å². The predicted molar refractivity (Wildman–Crippen MR) is 64.2 cm³/mol. The van der Waals surface area contributed by atoms with E-state index in [0.717, 1.165) is 12.1 Å². The van der Waals surface area contributed by atoms with Crippen molar-refractivity contribution in [3.8, 4) is 0 Å². The summed E-state index contributed by atoms with van der Waals surface area (Å²) in [5.41, 5.74) is 2.59. The van der Waals surface area contributed by atoms with Gasteiger partial charge in [-0.1, -0.05) is 0 Å². The van der Waals surface area contributed by atoms with Crippen molar-refractivity contribution in [3.63, 3.8) is 0 Å². The molecule has 3 heteroatoms.